The summed E-state index contributed by atoms with van der Waals surface area (Å²) in [6.45, 7) is 24.2. The van der Waals surface area contributed by atoms with Crippen molar-refractivity contribution in [2.45, 2.75) is 144 Å². The molecule has 0 aliphatic heterocycles. The first-order valence-electron chi connectivity index (χ1n) is 19.5. The van der Waals surface area contributed by atoms with Gasteiger partial charge in [0.15, 0.2) is 18.3 Å². The molecule has 0 bridgehead atoms. The van der Waals surface area contributed by atoms with E-state index < -0.39 is 113 Å². The van der Waals surface area contributed by atoms with Crippen LogP contribution in [0.4, 0.5) is 0 Å². The molecule has 0 heterocycles. The standard InChI is InChI=1S/C44H62O14/c1-24(2)22-52-33-26(4)34(53-27(5)45)35(54-28(6)46)38(56-30(8)48)42(12,13)21-20-25(3)36(57-39(49)31-18-16-15-17-19-31)44(51)23-43(14,58-40(50)41(9,10)11)37(32(33)44)55-29(7)47/h15-21,24-25,32-38,51H,4,22-23H2,1-3,5-14H3/b21-20+/t25-,32-,33-,34-,35+,36-,37+,38+,43+,44+/m0/s1. The Morgan fingerprint density at radius 1 is 0.793 bits per heavy atom. The molecule has 0 unspecified atom stereocenters. The van der Waals surface area contributed by atoms with E-state index in [0.717, 1.165) is 20.8 Å². The van der Waals surface area contributed by atoms with Gasteiger partial charge in [0.2, 0.25) is 0 Å². The summed E-state index contributed by atoms with van der Waals surface area (Å²) in [4.78, 5) is 79.5. The van der Waals surface area contributed by atoms with Crippen molar-refractivity contribution >= 4 is 35.8 Å². The number of benzene rings is 1. The first-order chi connectivity index (χ1) is 26.6. The Morgan fingerprint density at radius 2 is 1.33 bits per heavy atom. The molecule has 2 aliphatic carbocycles. The number of hydrogen-bond acceptors (Lipinski definition) is 14. The molecule has 1 saturated carbocycles. The Kier molecular flexibility index (Phi) is 15.3. The topological polar surface area (TPSA) is 187 Å². The zero-order chi connectivity index (χ0) is 44.1. The number of esters is 6. The van der Waals surface area contributed by atoms with Crippen molar-refractivity contribution < 1.29 is 67.0 Å². The zero-order valence-electron chi connectivity index (χ0n) is 36.1. The van der Waals surface area contributed by atoms with Crippen molar-refractivity contribution in [1.82, 2.24) is 0 Å². The highest BCUT2D eigenvalue weighted by Crippen LogP contribution is 2.54. The SMILES string of the molecule is C=C1[C@H](OC(C)=O)[C@@H](OC(C)=O)[C@@H](OC(C)=O)C(C)(C)/C=C/[C@H](C)[C@H](OC(=O)c2ccccc2)[C@@]2(O)C[C@@](C)(OC(=O)C(C)(C)C)[C@H](OC(C)=O)[C@@H]2[C@H]1OCC(C)C. The van der Waals surface area contributed by atoms with Gasteiger partial charge in [-0.05, 0) is 51.3 Å². The van der Waals surface area contributed by atoms with Crippen molar-refractivity contribution in [3.8, 4) is 0 Å². The van der Waals surface area contributed by atoms with Gasteiger partial charge in [-0.15, -0.1) is 0 Å². The molecule has 1 N–H and O–H groups in total. The lowest BCUT2D eigenvalue weighted by Crippen LogP contribution is -2.60. The monoisotopic (exact) mass is 814 g/mol. The maximum Gasteiger partial charge on any atom is 0.338 e. The lowest BCUT2D eigenvalue weighted by Gasteiger charge is -2.46. The Morgan fingerprint density at radius 3 is 1.83 bits per heavy atom. The van der Waals surface area contributed by atoms with E-state index in [-0.39, 0.29) is 23.7 Å². The predicted molar refractivity (Wildman–Crippen MR) is 211 cm³/mol. The summed E-state index contributed by atoms with van der Waals surface area (Å²) in [7, 11) is 0. The van der Waals surface area contributed by atoms with E-state index in [0.29, 0.717) is 0 Å². The Balaban J connectivity index is 2.59. The minimum absolute atomic E-state index is 0.00459. The quantitative estimate of drug-likeness (QED) is 0.168. The molecule has 14 heteroatoms. The highest BCUT2D eigenvalue weighted by atomic mass is 16.6. The Bertz CT molecular complexity index is 1720. The molecule has 1 aromatic rings. The van der Waals surface area contributed by atoms with Crippen LogP contribution < -0.4 is 0 Å². The summed E-state index contributed by atoms with van der Waals surface area (Å²) in [6, 6.07) is 8.13. The second kappa shape index (κ2) is 18.6. The summed E-state index contributed by atoms with van der Waals surface area (Å²) in [5.41, 5.74) is -6.26. The van der Waals surface area contributed by atoms with Crippen LogP contribution in [0.5, 0.6) is 0 Å². The number of carbonyl (C=O) groups excluding carboxylic acids is 6. The fourth-order valence-electron chi connectivity index (χ4n) is 7.71. The fraction of sp³-hybridized carbons (Fsp3) is 0.636. The van der Waals surface area contributed by atoms with Crippen LogP contribution >= 0.6 is 0 Å². The third-order valence-electron chi connectivity index (χ3n) is 10.3. The molecule has 3 rings (SSSR count). The smallest absolute Gasteiger partial charge is 0.338 e. The van der Waals surface area contributed by atoms with Crippen molar-refractivity contribution in [2.24, 2.45) is 28.6 Å². The van der Waals surface area contributed by atoms with E-state index >= 15 is 0 Å². The predicted octanol–water partition coefficient (Wildman–Crippen LogP) is 5.87. The molecule has 10 atom stereocenters. The van der Waals surface area contributed by atoms with Crippen LogP contribution in [0, 0.1) is 28.6 Å². The van der Waals surface area contributed by atoms with Crippen LogP contribution in [0.15, 0.2) is 54.6 Å². The molecular weight excluding hydrogens is 752 g/mol. The largest absolute Gasteiger partial charge is 0.458 e. The summed E-state index contributed by atoms with van der Waals surface area (Å²) < 4.78 is 42.9. The molecule has 0 aromatic heterocycles. The van der Waals surface area contributed by atoms with Gasteiger partial charge in [0.1, 0.15) is 23.4 Å². The molecule has 2 aliphatic rings. The molecule has 0 spiro atoms. The van der Waals surface area contributed by atoms with Crippen LogP contribution in [0.3, 0.4) is 0 Å². The second-order valence-corrected chi connectivity index (χ2v) is 17.8. The lowest BCUT2D eigenvalue weighted by molar-refractivity contribution is -0.197. The third-order valence-corrected chi connectivity index (χ3v) is 10.3. The average Bonchev–Trinajstić information content (AvgIpc) is 3.30. The van der Waals surface area contributed by atoms with Gasteiger partial charge in [-0.2, -0.15) is 0 Å². The van der Waals surface area contributed by atoms with E-state index in [9.17, 15) is 33.9 Å². The molecular formula is C44H62O14. The highest BCUT2D eigenvalue weighted by molar-refractivity contribution is 5.89. The summed E-state index contributed by atoms with van der Waals surface area (Å²) in [5.74, 6) is -7.17. The number of ether oxygens (including phenoxy) is 7. The number of fused-ring (bicyclic) bond motifs is 1. The van der Waals surface area contributed by atoms with Gasteiger partial charge in [-0.1, -0.05) is 71.5 Å². The van der Waals surface area contributed by atoms with Crippen LogP contribution in [0.1, 0.15) is 107 Å². The van der Waals surface area contributed by atoms with Crippen molar-refractivity contribution in [1.29, 1.82) is 0 Å². The first-order valence-corrected chi connectivity index (χ1v) is 19.5. The number of rotatable bonds is 10. The van der Waals surface area contributed by atoms with E-state index in [1.165, 1.54) is 13.8 Å². The van der Waals surface area contributed by atoms with Crippen LogP contribution in [-0.2, 0) is 57.1 Å². The van der Waals surface area contributed by atoms with Crippen molar-refractivity contribution in [2.75, 3.05) is 6.61 Å². The maximum absolute atomic E-state index is 14.0. The maximum atomic E-state index is 14.0. The van der Waals surface area contributed by atoms with Gasteiger partial charge in [0.05, 0.1) is 23.0 Å². The fourth-order valence-corrected chi connectivity index (χ4v) is 7.71. The zero-order valence-corrected chi connectivity index (χ0v) is 36.1. The minimum atomic E-state index is -2.28. The van der Waals surface area contributed by atoms with Crippen molar-refractivity contribution in [3.05, 3.63) is 60.2 Å². The lowest BCUT2D eigenvalue weighted by atomic mass is 9.71. The van der Waals surface area contributed by atoms with Gasteiger partial charge in [0.25, 0.3) is 0 Å². The highest BCUT2D eigenvalue weighted by Gasteiger charge is 2.70. The number of aliphatic hydroxyl groups is 1. The van der Waals surface area contributed by atoms with Gasteiger partial charge < -0.3 is 38.3 Å². The van der Waals surface area contributed by atoms with Gasteiger partial charge >= 0.3 is 35.8 Å². The van der Waals surface area contributed by atoms with Gasteiger partial charge in [0, 0.05) is 52.1 Å². The normalized spacial score (nSPS) is 31.7. The molecule has 14 nitrogen and oxygen atoms in total. The molecule has 0 amide bonds. The molecule has 58 heavy (non-hydrogen) atoms. The van der Waals surface area contributed by atoms with E-state index in [1.54, 1.807) is 84.0 Å². The third kappa shape index (κ3) is 11.3. The number of carbonyl (C=O) groups is 6. The first kappa shape index (κ1) is 47.8. The van der Waals surface area contributed by atoms with Gasteiger partial charge in [-0.3, -0.25) is 24.0 Å². The van der Waals surface area contributed by atoms with E-state index in [1.807, 2.05) is 13.8 Å². The molecule has 0 saturated heterocycles. The van der Waals surface area contributed by atoms with Gasteiger partial charge in [-0.25, -0.2) is 4.79 Å². The summed E-state index contributed by atoms with van der Waals surface area (Å²) >= 11 is 0. The summed E-state index contributed by atoms with van der Waals surface area (Å²) in [6.07, 6.45) is -6.12. The summed E-state index contributed by atoms with van der Waals surface area (Å²) in [5, 5.41) is 13.6. The molecule has 0 radical (unpaired) electrons. The number of hydrogen-bond donors (Lipinski definition) is 1. The van der Waals surface area contributed by atoms with E-state index in [4.69, 9.17) is 33.2 Å². The minimum Gasteiger partial charge on any atom is -0.458 e. The van der Waals surface area contributed by atoms with E-state index in [2.05, 4.69) is 6.58 Å². The Hall–Kier alpha value is -4.56. The van der Waals surface area contributed by atoms with Crippen LogP contribution in [0.25, 0.3) is 0 Å². The molecule has 1 aromatic carbocycles. The Labute approximate surface area is 341 Å². The molecule has 1 fully saturated rings. The molecule has 322 valence electrons. The van der Waals surface area contributed by atoms with Crippen LogP contribution in [-0.4, -0.2) is 95.4 Å². The second-order valence-electron chi connectivity index (χ2n) is 17.8. The average molecular weight is 815 g/mol. The van der Waals surface area contributed by atoms with Crippen molar-refractivity contribution in [3.63, 3.8) is 0 Å². The van der Waals surface area contributed by atoms with Crippen LogP contribution in [0.2, 0.25) is 0 Å².